The SMILES string of the molecule is COc1c(C(C)(C)C)cc(P(c2cc(C(C)(C)C)c(OC)c(C(C)(C)C)c2)c2ccc3c(c2-c2c([PH+](c4cc(C(C)(C)C)c(OC)c(C(C)(C)C)c4)c4cc(C(C)(C)C)c(OC)c(C(C)(C)C)c4)ccc4c2OCO4)OCO3)cc1C(C)(C)C.[Cu]. The monoisotopic (exact) mass is 1240 g/mol. The van der Waals surface area contributed by atoms with Crippen LogP contribution < -0.4 is 69.7 Å². The van der Waals surface area contributed by atoms with Crippen LogP contribution in [0.2, 0.25) is 0 Å². The van der Waals surface area contributed by atoms with Crippen LogP contribution in [0.5, 0.6) is 46.0 Å². The Kier molecular flexibility index (Phi) is 18.7. The zero-order valence-corrected chi connectivity index (χ0v) is 59.7. The van der Waals surface area contributed by atoms with Crippen LogP contribution in [-0.2, 0) is 60.4 Å². The molecule has 0 saturated heterocycles. The number of benzene rings is 6. The van der Waals surface area contributed by atoms with E-state index >= 15 is 0 Å². The van der Waals surface area contributed by atoms with Crippen LogP contribution in [0.1, 0.15) is 211 Å². The van der Waals surface area contributed by atoms with E-state index < -0.39 is 15.8 Å². The molecular formula is C74H101CuO8P2+. The van der Waals surface area contributed by atoms with Crippen LogP contribution >= 0.6 is 15.8 Å². The molecule has 0 amide bonds. The van der Waals surface area contributed by atoms with Crippen LogP contribution in [0.4, 0.5) is 0 Å². The van der Waals surface area contributed by atoms with Gasteiger partial charge in [-0.3, -0.25) is 0 Å². The van der Waals surface area contributed by atoms with Gasteiger partial charge in [0.05, 0.1) is 41.9 Å². The van der Waals surface area contributed by atoms with E-state index in [2.05, 4.69) is 239 Å². The maximum absolute atomic E-state index is 6.99. The molecule has 2 aliphatic rings. The van der Waals surface area contributed by atoms with Gasteiger partial charge in [-0.25, -0.2) is 0 Å². The van der Waals surface area contributed by atoms with Crippen molar-refractivity contribution in [1.29, 1.82) is 0 Å². The van der Waals surface area contributed by atoms with Gasteiger partial charge in [0.2, 0.25) is 13.6 Å². The van der Waals surface area contributed by atoms with E-state index in [1.54, 1.807) is 0 Å². The summed E-state index contributed by atoms with van der Waals surface area (Å²) in [7, 11) is 3.67. The van der Waals surface area contributed by atoms with Crippen molar-refractivity contribution in [3.63, 3.8) is 0 Å². The molecule has 465 valence electrons. The summed E-state index contributed by atoms with van der Waals surface area (Å²) in [5.41, 5.74) is 8.89. The molecule has 0 bridgehead atoms. The third-order valence-electron chi connectivity index (χ3n) is 16.5. The van der Waals surface area contributed by atoms with Gasteiger partial charge in [0.25, 0.3) is 0 Å². The van der Waals surface area contributed by atoms with E-state index in [-0.39, 0.29) is 74.0 Å². The zero-order valence-electron chi connectivity index (χ0n) is 56.9. The van der Waals surface area contributed by atoms with Gasteiger partial charge in [-0.2, -0.15) is 0 Å². The summed E-state index contributed by atoms with van der Waals surface area (Å²) in [4.78, 5) is 0. The molecule has 6 aromatic rings. The normalized spacial score (nSPS) is 14.0. The second-order valence-electron chi connectivity index (χ2n) is 31.5. The molecule has 8 nitrogen and oxygen atoms in total. The minimum Gasteiger partial charge on any atom is -0.496 e. The summed E-state index contributed by atoms with van der Waals surface area (Å²) in [6, 6.07) is 28.5. The summed E-state index contributed by atoms with van der Waals surface area (Å²) < 4.78 is 53.1. The molecule has 0 unspecified atom stereocenters. The van der Waals surface area contributed by atoms with Crippen LogP contribution in [0.25, 0.3) is 11.1 Å². The van der Waals surface area contributed by atoms with Gasteiger partial charge in [0, 0.05) is 67.1 Å². The minimum absolute atomic E-state index is 0. The molecule has 85 heavy (non-hydrogen) atoms. The Morgan fingerprint density at radius 2 is 0.600 bits per heavy atom. The van der Waals surface area contributed by atoms with Crippen molar-refractivity contribution in [1.82, 2.24) is 0 Å². The van der Waals surface area contributed by atoms with Crippen LogP contribution in [0, 0.1) is 0 Å². The Labute approximate surface area is 525 Å². The van der Waals surface area contributed by atoms with Gasteiger partial charge in [-0.15, -0.1) is 0 Å². The summed E-state index contributed by atoms with van der Waals surface area (Å²) >= 11 is 0. The van der Waals surface area contributed by atoms with E-state index in [0.29, 0.717) is 23.0 Å². The van der Waals surface area contributed by atoms with E-state index in [1.807, 2.05) is 28.4 Å². The van der Waals surface area contributed by atoms with Gasteiger partial charge < -0.3 is 37.9 Å². The molecule has 0 atom stereocenters. The third-order valence-corrected chi connectivity index (χ3v) is 21.6. The molecule has 6 aromatic carbocycles. The Morgan fingerprint density at radius 3 is 0.871 bits per heavy atom. The topological polar surface area (TPSA) is 73.8 Å². The zero-order chi connectivity index (χ0) is 62.6. The van der Waals surface area contributed by atoms with Crippen molar-refractivity contribution in [2.24, 2.45) is 0 Å². The number of methoxy groups -OCH3 is 4. The molecule has 1 radical (unpaired) electrons. The smallest absolute Gasteiger partial charge is 0.231 e. The van der Waals surface area contributed by atoms with Crippen molar-refractivity contribution in [2.45, 2.75) is 209 Å². The summed E-state index contributed by atoms with van der Waals surface area (Å²) in [6.45, 7) is 55.3. The average molecular weight is 1240 g/mol. The van der Waals surface area contributed by atoms with E-state index in [1.165, 1.54) is 21.2 Å². The number of hydrogen-bond acceptors (Lipinski definition) is 8. The first-order chi connectivity index (χ1) is 38.6. The average Bonchev–Trinajstić information content (AvgIpc) is 1.72. The van der Waals surface area contributed by atoms with E-state index in [4.69, 9.17) is 37.9 Å². The van der Waals surface area contributed by atoms with Crippen molar-refractivity contribution < 1.29 is 55.0 Å². The number of hydrogen-bond donors (Lipinski definition) is 0. The van der Waals surface area contributed by atoms with E-state index in [9.17, 15) is 0 Å². The Morgan fingerprint density at radius 1 is 0.341 bits per heavy atom. The van der Waals surface area contributed by atoms with Gasteiger partial charge in [-0.05, 0) is 140 Å². The molecule has 8 rings (SSSR count). The Hall–Kier alpha value is -4.90. The fourth-order valence-electron chi connectivity index (χ4n) is 12.1. The first-order valence-electron chi connectivity index (χ1n) is 30.0. The van der Waals surface area contributed by atoms with Crippen molar-refractivity contribution in [3.8, 4) is 57.1 Å². The first kappa shape index (κ1) is 67.6. The van der Waals surface area contributed by atoms with Crippen LogP contribution in [-0.4, -0.2) is 42.0 Å². The minimum atomic E-state index is -2.13. The molecule has 0 saturated carbocycles. The maximum Gasteiger partial charge on any atom is 0.231 e. The molecular weight excluding hydrogens is 1140 g/mol. The van der Waals surface area contributed by atoms with Crippen molar-refractivity contribution in [2.75, 3.05) is 42.0 Å². The van der Waals surface area contributed by atoms with Gasteiger partial charge in [-0.1, -0.05) is 166 Å². The van der Waals surface area contributed by atoms with Gasteiger partial charge >= 0.3 is 0 Å². The molecule has 0 N–H and O–H groups in total. The molecule has 0 fully saturated rings. The number of rotatable bonds is 11. The fraction of sp³-hybridized carbons (Fsp3) is 0.514. The second-order valence-corrected chi connectivity index (χ2v) is 36.1. The third kappa shape index (κ3) is 13.1. The molecule has 0 spiro atoms. The fourth-order valence-corrected chi connectivity index (χ4v) is 17.5. The molecule has 2 aliphatic heterocycles. The summed E-state index contributed by atoms with van der Waals surface area (Å²) in [5, 5.41) is 7.10. The summed E-state index contributed by atoms with van der Waals surface area (Å²) in [5.74, 6) is 6.46. The number of ether oxygens (including phenoxy) is 8. The largest absolute Gasteiger partial charge is 0.496 e. The maximum atomic E-state index is 6.99. The first-order valence-corrected chi connectivity index (χ1v) is 32.9. The second kappa shape index (κ2) is 23.6. The molecule has 0 aliphatic carbocycles. The molecule has 0 aromatic heterocycles. The molecule has 2 heterocycles. The number of fused-ring (bicyclic) bond motifs is 2. The Balaban J connectivity index is 0.0000104. The van der Waals surface area contributed by atoms with Gasteiger partial charge in [0.15, 0.2) is 23.0 Å². The summed E-state index contributed by atoms with van der Waals surface area (Å²) in [6.07, 6.45) is 0. The standard InChI is InChI=1S/C74H100O8P2.Cu/c1-67(2,3)47-33-43(34-48(61(47)75-25)68(4,5)6)83(44-35-49(69(7,8)9)62(76-26)50(36-44)70(10,11)12)57-31-29-55-65(81-41-79-55)59(57)60-58(32-30-56-66(60)82-42-80-56)84(45-37-51(71(13,14)15)63(77-27)52(38-45)72(16,17)18)46-39-53(73(19,20)21)64(78-28)54(40-46)74(22,23)24;/h29-40H,41-42H2,1-28H3;/p+1. The van der Waals surface area contributed by atoms with Gasteiger partial charge in [0.1, 0.15) is 38.9 Å². The van der Waals surface area contributed by atoms with Crippen molar-refractivity contribution in [3.05, 3.63) is 117 Å². The quantitative estimate of drug-likeness (QED) is 0.0938. The van der Waals surface area contributed by atoms with E-state index in [0.717, 1.165) is 89.2 Å². The molecule has 11 heteroatoms. The van der Waals surface area contributed by atoms with Crippen LogP contribution in [0.3, 0.4) is 0 Å². The Bertz CT molecular complexity index is 2950. The van der Waals surface area contributed by atoms with Crippen molar-refractivity contribution >= 4 is 47.7 Å². The predicted molar refractivity (Wildman–Crippen MR) is 359 cm³/mol. The van der Waals surface area contributed by atoms with Crippen LogP contribution in [0.15, 0.2) is 72.8 Å². The predicted octanol–water partition coefficient (Wildman–Crippen LogP) is 16.5.